The Kier molecular flexibility index (Phi) is 6.45. The SMILES string of the molecule is CCCCCC=CC[Si](C)(C)C. The van der Waals surface area contributed by atoms with Gasteiger partial charge >= 0.3 is 0 Å². The highest BCUT2D eigenvalue weighted by Gasteiger charge is 2.08. The fraction of sp³-hybridized carbons (Fsp3) is 0.818. The summed E-state index contributed by atoms with van der Waals surface area (Å²) in [5.74, 6) is 0. The van der Waals surface area contributed by atoms with Crippen LogP contribution in [0.15, 0.2) is 12.2 Å². The van der Waals surface area contributed by atoms with Crippen LogP contribution in [-0.2, 0) is 0 Å². The first kappa shape index (κ1) is 12.0. The molecule has 1 heteroatoms. The van der Waals surface area contributed by atoms with Crippen LogP contribution in [0.5, 0.6) is 0 Å². The highest BCUT2D eigenvalue weighted by atomic mass is 28.3. The first-order chi connectivity index (χ1) is 5.56. The molecule has 12 heavy (non-hydrogen) atoms. The Bertz CT molecular complexity index is 119. The van der Waals surface area contributed by atoms with E-state index in [1.807, 2.05) is 0 Å². The molecule has 0 saturated carbocycles. The summed E-state index contributed by atoms with van der Waals surface area (Å²) in [6.45, 7) is 9.52. The number of hydrogen-bond donors (Lipinski definition) is 0. The van der Waals surface area contributed by atoms with Gasteiger partial charge in [0.15, 0.2) is 0 Å². The maximum atomic E-state index is 2.42. The van der Waals surface area contributed by atoms with Crippen LogP contribution in [0.3, 0.4) is 0 Å². The molecule has 0 aliphatic rings. The molecule has 0 radical (unpaired) electrons. The lowest BCUT2D eigenvalue weighted by Crippen LogP contribution is -2.17. The Morgan fingerprint density at radius 3 is 2.17 bits per heavy atom. The van der Waals surface area contributed by atoms with Crippen molar-refractivity contribution in [3.63, 3.8) is 0 Å². The summed E-state index contributed by atoms with van der Waals surface area (Å²) in [6.07, 6.45) is 10.1. The van der Waals surface area contributed by atoms with Crippen LogP contribution in [0.4, 0.5) is 0 Å². The third kappa shape index (κ3) is 9.96. The van der Waals surface area contributed by atoms with Crippen LogP contribution in [0.2, 0.25) is 25.7 Å². The molecule has 0 aromatic heterocycles. The number of allylic oxidation sites excluding steroid dienone is 2. The topological polar surface area (TPSA) is 0 Å². The maximum Gasteiger partial charge on any atom is 0.0480 e. The molecule has 0 nitrogen and oxygen atoms in total. The van der Waals surface area contributed by atoms with Gasteiger partial charge in [-0.3, -0.25) is 0 Å². The Morgan fingerprint density at radius 2 is 1.67 bits per heavy atom. The average molecular weight is 184 g/mol. The van der Waals surface area contributed by atoms with Gasteiger partial charge in [-0.1, -0.05) is 51.6 Å². The Morgan fingerprint density at radius 1 is 1.00 bits per heavy atom. The summed E-state index contributed by atoms with van der Waals surface area (Å²) in [7, 11) is -0.813. The molecule has 0 aromatic carbocycles. The normalized spacial score (nSPS) is 12.7. The number of rotatable bonds is 6. The highest BCUT2D eigenvalue weighted by molar-refractivity contribution is 6.76. The standard InChI is InChI=1S/C11H24Si/c1-5-6-7-8-9-10-11-12(2,3)4/h9-10H,5-8,11H2,1-4H3. The predicted octanol–water partition coefficient (Wildman–Crippen LogP) is 4.46. The van der Waals surface area contributed by atoms with E-state index in [9.17, 15) is 0 Å². The molecule has 0 aromatic rings. The third-order valence-electron chi connectivity index (χ3n) is 1.87. The maximum absolute atomic E-state index is 2.42. The fourth-order valence-corrected chi connectivity index (χ4v) is 1.94. The van der Waals surface area contributed by atoms with Crippen LogP contribution in [0, 0.1) is 0 Å². The van der Waals surface area contributed by atoms with E-state index in [0.717, 1.165) is 0 Å². The van der Waals surface area contributed by atoms with Gasteiger partial charge in [-0.15, -0.1) is 0 Å². The summed E-state index contributed by atoms with van der Waals surface area (Å²) in [5, 5.41) is 0. The fourth-order valence-electron chi connectivity index (χ4n) is 1.07. The molecule has 0 atom stereocenters. The Balaban J connectivity index is 3.26. The minimum absolute atomic E-state index is 0.813. The molecule has 0 N–H and O–H groups in total. The van der Waals surface area contributed by atoms with E-state index in [4.69, 9.17) is 0 Å². The van der Waals surface area contributed by atoms with E-state index in [2.05, 4.69) is 38.7 Å². The van der Waals surface area contributed by atoms with E-state index >= 15 is 0 Å². The zero-order valence-corrected chi connectivity index (χ0v) is 10.2. The first-order valence-corrected chi connectivity index (χ1v) is 8.92. The third-order valence-corrected chi connectivity index (χ3v) is 3.33. The van der Waals surface area contributed by atoms with Crippen molar-refractivity contribution in [3.05, 3.63) is 12.2 Å². The molecular formula is C11H24Si. The molecule has 0 aliphatic carbocycles. The predicted molar refractivity (Wildman–Crippen MR) is 61.4 cm³/mol. The van der Waals surface area contributed by atoms with Crippen molar-refractivity contribution in [2.24, 2.45) is 0 Å². The van der Waals surface area contributed by atoms with Crippen molar-refractivity contribution >= 4 is 8.07 Å². The van der Waals surface area contributed by atoms with Gasteiger partial charge in [0.25, 0.3) is 0 Å². The lowest BCUT2D eigenvalue weighted by atomic mass is 10.2. The van der Waals surface area contributed by atoms with Gasteiger partial charge < -0.3 is 0 Å². The van der Waals surface area contributed by atoms with Gasteiger partial charge in [0.05, 0.1) is 0 Å². The lowest BCUT2D eigenvalue weighted by molar-refractivity contribution is 0.729. The van der Waals surface area contributed by atoms with Crippen LogP contribution >= 0.6 is 0 Å². The van der Waals surface area contributed by atoms with Gasteiger partial charge in [0.2, 0.25) is 0 Å². The zero-order chi connectivity index (χ0) is 9.45. The van der Waals surface area contributed by atoms with E-state index in [-0.39, 0.29) is 0 Å². The molecule has 0 saturated heterocycles. The molecule has 0 rings (SSSR count). The molecule has 0 unspecified atom stereocenters. The van der Waals surface area contributed by atoms with E-state index in [1.165, 1.54) is 31.7 Å². The molecule has 72 valence electrons. The molecule has 0 aliphatic heterocycles. The molecule has 0 amide bonds. The second-order valence-electron chi connectivity index (χ2n) is 4.73. The summed E-state index contributed by atoms with van der Waals surface area (Å²) in [6, 6.07) is 1.35. The van der Waals surface area contributed by atoms with Crippen LogP contribution < -0.4 is 0 Å². The number of unbranched alkanes of at least 4 members (excludes halogenated alkanes) is 3. The molecule has 0 heterocycles. The van der Waals surface area contributed by atoms with E-state index in [0.29, 0.717) is 0 Å². The van der Waals surface area contributed by atoms with Crippen LogP contribution in [0.1, 0.15) is 32.6 Å². The van der Waals surface area contributed by atoms with Crippen molar-refractivity contribution in [2.45, 2.75) is 58.3 Å². The molecule has 0 fully saturated rings. The van der Waals surface area contributed by atoms with Crippen molar-refractivity contribution in [1.29, 1.82) is 0 Å². The monoisotopic (exact) mass is 184 g/mol. The first-order valence-electron chi connectivity index (χ1n) is 5.21. The summed E-state index contributed by atoms with van der Waals surface area (Å²) in [5.41, 5.74) is 0. The summed E-state index contributed by atoms with van der Waals surface area (Å²) < 4.78 is 0. The molecule has 0 bridgehead atoms. The van der Waals surface area contributed by atoms with Crippen LogP contribution in [-0.4, -0.2) is 8.07 Å². The Hall–Kier alpha value is -0.0431. The second-order valence-corrected chi connectivity index (χ2v) is 10.3. The molecule has 0 spiro atoms. The largest absolute Gasteiger partial charge is 0.0912 e. The highest BCUT2D eigenvalue weighted by Crippen LogP contribution is 2.09. The van der Waals surface area contributed by atoms with Crippen molar-refractivity contribution < 1.29 is 0 Å². The van der Waals surface area contributed by atoms with Crippen molar-refractivity contribution in [1.82, 2.24) is 0 Å². The van der Waals surface area contributed by atoms with Crippen molar-refractivity contribution in [3.8, 4) is 0 Å². The number of hydrogen-bond acceptors (Lipinski definition) is 0. The Labute approximate surface area is 79.1 Å². The quantitative estimate of drug-likeness (QED) is 0.325. The smallest absolute Gasteiger partial charge is 0.0480 e. The van der Waals surface area contributed by atoms with Crippen LogP contribution in [0.25, 0.3) is 0 Å². The summed E-state index contributed by atoms with van der Waals surface area (Å²) in [4.78, 5) is 0. The van der Waals surface area contributed by atoms with E-state index < -0.39 is 8.07 Å². The van der Waals surface area contributed by atoms with Gasteiger partial charge in [-0.2, -0.15) is 0 Å². The van der Waals surface area contributed by atoms with E-state index in [1.54, 1.807) is 0 Å². The van der Waals surface area contributed by atoms with Gasteiger partial charge in [0.1, 0.15) is 0 Å². The summed E-state index contributed by atoms with van der Waals surface area (Å²) >= 11 is 0. The van der Waals surface area contributed by atoms with Crippen molar-refractivity contribution in [2.75, 3.05) is 0 Å². The zero-order valence-electron chi connectivity index (χ0n) is 9.19. The minimum Gasteiger partial charge on any atom is -0.0912 e. The van der Waals surface area contributed by atoms with Gasteiger partial charge in [-0.25, -0.2) is 0 Å². The second kappa shape index (κ2) is 6.47. The average Bonchev–Trinajstić information content (AvgIpc) is 1.94. The molecular weight excluding hydrogens is 160 g/mol. The van der Waals surface area contributed by atoms with Gasteiger partial charge in [0, 0.05) is 8.07 Å². The minimum atomic E-state index is -0.813. The van der Waals surface area contributed by atoms with Gasteiger partial charge in [-0.05, 0) is 18.9 Å². The lowest BCUT2D eigenvalue weighted by Gasteiger charge is -2.11.